The summed E-state index contributed by atoms with van der Waals surface area (Å²) in [6.07, 6.45) is -2.12. The van der Waals surface area contributed by atoms with E-state index in [1.807, 2.05) is 20.8 Å². The van der Waals surface area contributed by atoms with Crippen LogP contribution in [0.15, 0.2) is 30.3 Å². The van der Waals surface area contributed by atoms with Gasteiger partial charge in [-0.2, -0.15) is 0 Å². The number of benzene rings is 1. The third kappa shape index (κ3) is 5.03. The Morgan fingerprint density at radius 2 is 1.66 bits per heavy atom. The molecule has 1 saturated heterocycles. The molecule has 0 aromatic heterocycles. The van der Waals surface area contributed by atoms with Gasteiger partial charge < -0.3 is 28.8 Å². The van der Waals surface area contributed by atoms with Crippen LogP contribution in [0.4, 0.5) is 0 Å². The number of carbonyl (C=O) groups excluding carboxylic acids is 4. The van der Waals surface area contributed by atoms with Gasteiger partial charge >= 0.3 is 23.9 Å². The van der Waals surface area contributed by atoms with Crippen LogP contribution in [0.25, 0.3) is 0 Å². The van der Waals surface area contributed by atoms with Crippen LogP contribution in [-0.2, 0) is 38.1 Å². The molecule has 1 heterocycles. The SMILES string of the molecule is CCC(C)C(=O)OC1CCC(C)(O)C23OC(C)(C)C(CC(OC(=O)c4ccccc4)C12COC(C)=O)C3OC(C)=O. The number of rotatable bonds is 8. The Morgan fingerprint density at radius 3 is 2.24 bits per heavy atom. The van der Waals surface area contributed by atoms with Gasteiger partial charge in [0.1, 0.15) is 30.3 Å². The Balaban J connectivity index is 1.98. The molecule has 1 spiro atoms. The molecule has 3 aliphatic rings. The fraction of sp³-hybridized carbons (Fsp3) is 0.677. The van der Waals surface area contributed by atoms with Crippen LogP contribution in [0.1, 0.15) is 84.5 Å². The van der Waals surface area contributed by atoms with Crippen molar-refractivity contribution in [3.8, 4) is 0 Å². The van der Waals surface area contributed by atoms with E-state index in [9.17, 15) is 24.3 Å². The Hall–Kier alpha value is -2.98. The van der Waals surface area contributed by atoms with Crippen LogP contribution in [0.2, 0.25) is 0 Å². The summed E-state index contributed by atoms with van der Waals surface area (Å²) in [6, 6.07) is 8.43. The van der Waals surface area contributed by atoms with Crippen LogP contribution in [0.3, 0.4) is 0 Å². The van der Waals surface area contributed by atoms with Crippen molar-refractivity contribution in [2.75, 3.05) is 6.61 Å². The highest BCUT2D eigenvalue weighted by atomic mass is 16.6. The maximum atomic E-state index is 13.5. The molecule has 10 heteroatoms. The van der Waals surface area contributed by atoms with Crippen molar-refractivity contribution in [3.63, 3.8) is 0 Å². The van der Waals surface area contributed by atoms with E-state index in [0.29, 0.717) is 12.0 Å². The largest absolute Gasteiger partial charge is 0.465 e. The molecular formula is C31H42O10. The van der Waals surface area contributed by atoms with Crippen molar-refractivity contribution in [2.45, 2.75) is 109 Å². The first-order valence-electron chi connectivity index (χ1n) is 14.3. The third-order valence-corrected chi connectivity index (χ3v) is 9.42. The fourth-order valence-electron chi connectivity index (χ4n) is 7.23. The first kappa shape index (κ1) is 31.0. The molecule has 8 atom stereocenters. The van der Waals surface area contributed by atoms with E-state index in [2.05, 4.69) is 0 Å². The molecule has 41 heavy (non-hydrogen) atoms. The number of esters is 4. The van der Waals surface area contributed by atoms with Gasteiger partial charge in [-0.15, -0.1) is 0 Å². The van der Waals surface area contributed by atoms with Gasteiger partial charge in [-0.05, 0) is 58.6 Å². The predicted octanol–water partition coefficient (Wildman–Crippen LogP) is 3.76. The minimum atomic E-state index is -1.77. The second-order valence-corrected chi connectivity index (χ2v) is 12.4. The number of hydrogen-bond donors (Lipinski definition) is 1. The minimum absolute atomic E-state index is 0.118. The zero-order valence-corrected chi connectivity index (χ0v) is 24.9. The monoisotopic (exact) mass is 574 g/mol. The summed E-state index contributed by atoms with van der Waals surface area (Å²) in [7, 11) is 0. The Bertz CT molecular complexity index is 1180. The highest BCUT2D eigenvalue weighted by molar-refractivity contribution is 5.89. The minimum Gasteiger partial charge on any atom is -0.465 e. The molecule has 8 unspecified atom stereocenters. The first-order valence-corrected chi connectivity index (χ1v) is 14.3. The van der Waals surface area contributed by atoms with Crippen molar-refractivity contribution in [2.24, 2.45) is 17.3 Å². The number of fused-ring (bicyclic) bond motifs is 1. The quantitative estimate of drug-likeness (QED) is 0.361. The maximum Gasteiger partial charge on any atom is 0.338 e. The standard InChI is InChI=1S/C31H42O10/c1-8-18(2)26(34)39-23-14-15-29(7,36)31-25(38-20(4)33)22(28(5,6)41-31)16-24(30(23,31)17-37-19(3)32)40-27(35)21-12-10-9-11-13-21/h9-13,18,22-25,36H,8,14-17H2,1-7H3. The highest BCUT2D eigenvalue weighted by Crippen LogP contribution is 2.69. The molecule has 1 aromatic carbocycles. The lowest BCUT2D eigenvalue weighted by molar-refractivity contribution is -0.340. The molecule has 4 rings (SSSR count). The lowest BCUT2D eigenvalue weighted by Gasteiger charge is -2.64. The van der Waals surface area contributed by atoms with Crippen molar-refractivity contribution < 1.29 is 48.0 Å². The van der Waals surface area contributed by atoms with E-state index in [-0.39, 0.29) is 19.3 Å². The number of ether oxygens (including phenoxy) is 5. The Kier molecular flexibility index (Phi) is 8.32. The Labute approximate surface area is 241 Å². The molecule has 2 aliphatic carbocycles. The van der Waals surface area contributed by atoms with E-state index >= 15 is 0 Å². The van der Waals surface area contributed by atoms with Gasteiger partial charge in [0.2, 0.25) is 0 Å². The lowest BCUT2D eigenvalue weighted by Crippen LogP contribution is -2.81. The molecule has 3 fully saturated rings. The molecule has 0 amide bonds. The van der Waals surface area contributed by atoms with Crippen LogP contribution < -0.4 is 0 Å². The molecule has 1 aromatic rings. The van der Waals surface area contributed by atoms with Crippen molar-refractivity contribution >= 4 is 23.9 Å². The smallest absolute Gasteiger partial charge is 0.338 e. The average Bonchev–Trinajstić information content (AvgIpc) is 3.07. The summed E-state index contributed by atoms with van der Waals surface area (Å²) in [5.74, 6) is -3.27. The second-order valence-electron chi connectivity index (χ2n) is 12.4. The summed E-state index contributed by atoms with van der Waals surface area (Å²) in [6.45, 7) is 10.9. The van der Waals surface area contributed by atoms with E-state index in [1.54, 1.807) is 44.2 Å². The van der Waals surface area contributed by atoms with Gasteiger partial charge in [0.15, 0.2) is 5.60 Å². The third-order valence-electron chi connectivity index (χ3n) is 9.42. The topological polar surface area (TPSA) is 135 Å². The fourth-order valence-corrected chi connectivity index (χ4v) is 7.23. The lowest BCUT2D eigenvalue weighted by atomic mass is 9.47. The zero-order chi connectivity index (χ0) is 30.4. The maximum absolute atomic E-state index is 13.5. The predicted molar refractivity (Wildman–Crippen MR) is 145 cm³/mol. The first-order chi connectivity index (χ1) is 19.1. The van der Waals surface area contributed by atoms with Gasteiger partial charge in [0.25, 0.3) is 0 Å². The molecule has 2 bridgehead atoms. The number of carbonyl (C=O) groups is 4. The van der Waals surface area contributed by atoms with Crippen molar-refractivity contribution in [1.29, 1.82) is 0 Å². The molecule has 1 N–H and O–H groups in total. The molecule has 10 nitrogen and oxygen atoms in total. The summed E-state index contributed by atoms with van der Waals surface area (Å²) in [4.78, 5) is 51.6. The summed E-state index contributed by atoms with van der Waals surface area (Å²) < 4.78 is 30.9. The molecule has 1 aliphatic heterocycles. The molecule has 226 valence electrons. The number of aliphatic hydroxyl groups is 1. The number of hydrogen-bond acceptors (Lipinski definition) is 10. The normalized spacial score (nSPS) is 35.9. The van der Waals surface area contributed by atoms with E-state index < -0.39 is 82.8 Å². The van der Waals surface area contributed by atoms with E-state index in [4.69, 9.17) is 23.7 Å². The summed E-state index contributed by atoms with van der Waals surface area (Å²) >= 11 is 0. The van der Waals surface area contributed by atoms with Gasteiger partial charge in [-0.25, -0.2) is 4.79 Å². The average molecular weight is 575 g/mol. The van der Waals surface area contributed by atoms with Gasteiger partial charge in [0, 0.05) is 19.8 Å². The van der Waals surface area contributed by atoms with Crippen LogP contribution in [-0.4, -0.2) is 70.7 Å². The van der Waals surface area contributed by atoms with Crippen molar-refractivity contribution in [3.05, 3.63) is 35.9 Å². The van der Waals surface area contributed by atoms with E-state index in [0.717, 1.165) is 0 Å². The van der Waals surface area contributed by atoms with Crippen molar-refractivity contribution in [1.82, 2.24) is 0 Å². The highest BCUT2D eigenvalue weighted by Gasteiger charge is 2.84. The Morgan fingerprint density at radius 1 is 1.00 bits per heavy atom. The summed E-state index contributed by atoms with van der Waals surface area (Å²) in [5, 5.41) is 12.2. The van der Waals surface area contributed by atoms with Gasteiger partial charge in [-0.3, -0.25) is 14.4 Å². The van der Waals surface area contributed by atoms with Crippen LogP contribution >= 0.6 is 0 Å². The van der Waals surface area contributed by atoms with Crippen LogP contribution in [0.5, 0.6) is 0 Å². The van der Waals surface area contributed by atoms with Gasteiger partial charge in [0.05, 0.1) is 22.7 Å². The molecule has 0 radical (unpaired) electrons. The second kappa shape index (κ2) is 11.0. The van der Waals surface area contributed by atoms with E-state index in [1.165, 1.54) is 13.8 Å². The van der Waals surface area contributed by atoms with Gasteiger partial charge in [-0.1, -0.05) is 32.0 Å². The molecule has 2 saturated carbocycles. The zero-order valence-electron chi connectivity index (χ0n) is 24.9. The molecular weight excluding hydrogens is 532 g/mol. The summed E-state index contributed by atoms with van der Waals surface area (Å²) in [5.41, 5.74) is -5.74. The van der Waals surface area contributed by atoms with Crippen LogP contribution in [0, 0.1) is 17.3 Å².